The van der Waals surface area contributed by atoms with Gasteiger partial charge in [0.25, 0.3) is 0 Å². The number of thioether (sulfide) groups is 1. The van der Waals surface area contributed by atoms with E-state index in [2.05, 4.69) is 4.99 Å². The number of hydrogen-bond donors (Lipinski definition) is 0. The Balaban J connectivity index is 3.53. The number of halogens is 1. The molecular formula is C12H16ClNOS. The van der Waals surface area contributed by atoms with E-state index in [9.17, 15) is 0 Å². The largest absolute Gasteiger partial charge is 0.496 e. The van der Waals surface area contributed by atoms with Crippen molar-refractivity contribution >= 4 is 28.4 Å². The molecule has 0 aliphatic carbocycles. The van der Waals surface area contributed by atoms with Crippen LogP contribution >= 0.6 is 23.4 Å². The number of hydrogen-bond acceptors (Lipinski definition) is 3. The number of nitrogens with zero attached hydrogens (tertiary/aromatic N) is 1. The molecule has 0 heterocycles. The van der Waals surface area contributed by atoms with Crippen LogP contribution in [0.25, 0.3) is 0 Å². The van der Waals surface area contributed by atoms with Crippen molar-refractivity contribution in [1.82, 2.24) is 0 Å². The van der Waals surface area contributed by atoms with Crippen LogP contribution in [-0.4, -0.2) is 25.5 Å². The Morgan fingerprint density at radius 3 is 2.50 bits per heavy atom. The molecule has 1 aromatic rings. The Bertz CT molecular complexity index is 430. The third-order valence-electron chi connectivity index (χ3n) is 2.47. The van der Waals surface area contributed by atoms with E-state index >= 15 is 0 Å². The molecule has 1 rings (SSSR count). The third kappa shape index (κ3) is 2.36. The first-order chi connectivity index (χ1) is 7.56. The second-order valence-electron chi connectivity index (χ2n) is 3.44. The van der Waals surface area contributed by atoms with Crippen molar-refractivity contribution in [3.63, 3.8) is 0 Å². The summed E-state index contributed by atoms with van der Waals surface area (Å²) in [6, 6.07) is 1.95. The maximum atomic E-state index is 6.25. The van der Waals surface area contributed by atoms with Gasteiger partial charge in [0.1, 0.15) is 10.8 Å². The van der Waals surface area contributed by atoms with Gasteiger partial charge in [0.05, 0.1) is 12.7 Å². The van der Waals surface area contributed by atoms with Gasteiger partial charge >= 0.3 is 0 Å². The van der Waals surface area contributed by atoms with Gasteiger partial charge in [-0.3, -0.25) is 4.99 Å². The molecule has 0 amide bonds. The fraction of sp³-hybridized carbons (Fsp3) is 0.417. The van der Waals surface area contributed by atoms with Gasteiger partial charge in [0, 0.05) is 12.1 Å². The van der Waals surface area contributed by atoms with Crippen molar-refractivity contribution in [3.8, 4) is 5.75 Å². The average molecular weight is 258 g/mol. The van der Waals surface area contributed by atoms with Gasteiger partial charge in [-0.1, -0.05) is 11.6 Å². The molecule has 0 atom stereocenters. The summed E-state index contributed by atoms with van der Waals surface area (Å²) in [4.78, 5) is 4.26. The van der Waals surface area contributed by atoms with E-state index in [0.717, 1.165) is 32.5 Å². The lowest BCUT2D eigenvalue weighted by molar-refractivity contribution is 0.413. The first-order valence-corrected chi connectivity index (χ1v) is 6.51. The smallest absolute Gasteiger partial charge is 0.129 e. The lowest BCUT2D eigenvalue weighted by Gasteiger charge is -2.15. The average Bonchev–Trinajstić information content (AvgIpc) is 2.29. The zero-order chi connectivity index (χ0) is 12.3. The van der Waals surface area contributed by atoms with Crippen molar-refractivity contribution in [2.75, 3.05) is 20.4 Å². The highest BCUT2D eigenvalue weighted by Gasteiger charge is 2.16. The van der Waals surface area contributed by atoms with E-state index in [-0.39, 0.29) is 0 Å². The summed E-state index contributed by atoms with van der Waals surface area (Å²) >= 11 is 7.84. The molecule has 0 N–H and O–H groups in total. The van der Waals surface area contributed by atoms with Crippen LogP contribution in [0.5, 0.6) is 5.75 Å². The molecule has 0 spiro atoms. The monoisotopic (exact) mass is 257 g/mol. The molecule has 0 unspecified atom stereocenters. The van der Waals surface area contributed by atoms with E-state index in [1.807, 2.05) is 26.2 Å². The van der Waals surface area contributed by atoms with Crippen LogP contribution in [0.2, 0.25) is 5.02 Å². The summed E-state index contributed by atoms with van der Waals surface area (Å²) in [5, 5.41) is 1.72. The van der Waals surface area contributed by atoms with Gasteiger partial charge in [0.15, 0.2) is 0 Å². The Hall–Kier alpha value is -0.670. The molecule has 0 fully saturated rings. The van der Waals surface area contributed by atoms with Gasteiger partial charge in [-0.05, 0) is 37.3 Å². The van der Waals surface area contributed by atoms with Gasteiger partial charge in [-0.2, -0.15) is 0 Å². The quantitative estimate of drug-likeness (QED) is 0.595. The molecular weight excluding hydrogens is 242 g/mol. The SMILES string of the molecule is CN=C(SC)c1c(OC)cc(C)c(Cl)c1C. The molecule has 16 heavy (non-hydrogen) atoms. The topological polar surface area (TPSA) is 21.6 Å². The molecule has 0 radical (unpaired) electrons. The first kappa shape index (κ1) is 13.4. The highest BCUT2D eigenvalue weighted by Crippen LogP contribution is 2.33. The Morgan fingerprint density at radius 1 is 1.44 bits per heavy atom. The summed E-state index contributed by atoms with van der Waals surface area (Å²) in [5.74, 6) is 0.828. The maximum Gasteiger partial charge on any atom is 0.129 e. The van der Waals surface area contributed by atoms with Crippen LogP contribution in [0.4, 0.5) is 0 Å². The number of benzene rings is 1. The normalized spacial score (nSPS) is 11.8. The van der Waals surface area contributed by atoms with E-state index in [1.54, 1.807) is 25.9 Å². The lowest BCUT2D eigenvalue weighted by Crippen LogP contribution is -2.04. The number of methoxy groups -OCH3 is 1. The summed E-state index contributed by atoms with van der Waals surface area (Å²) in [7, 11) is 3.44. The van der Waals surface area contributed by atoms with E-state index in [4.69, 9.17) is 16.3 Å². The molecule has 4 heteroatoms. The fourth-order valence-corrected chi connectivity index (χ4v) is 2.44. The predicted octanol–water partition coefficient (Wildman–Crippen LogP) is 3.70. The second kappa shape index (κ2) is 5.60. The minimum absolute atomic E-state index is 0.783. The molecule has 2 nitrogen and oxygen atoms in total. The zero-order valence-corrected chi connectivity index (χ0v) is 11.8. The standard InChI is InChI=1S/C12H16ClNOS/c1-7-6-9(15-4)10(8(2)11(7)13)12(14-3)16-5/h6H,1-5H3. The van der Waals surface area contributed by atoms with Crippen LogP contribution in [-0.2, 0) is 0 Å². The minimum atomic E-state index is 0.783. The number of aryl methyl sites for hydroxylation is 1. The second-order valence-corrected chi connectivity index (χ2v) is 4.62. The van der Waals surface area contributed by atoms with Crippen molar-refractivity contribution in [2.24, 2.45) is 4.99 Å². The molecule has 88 valence electrons. The predicted molar refractivity (Wildman–Crippen MR) is 73.5 cm³/mol. The van der Waals surface area contributed by atoms with Crippen LogP contribution in [0.15, 0.2) is 11.1 Å². The van der Waals surface area contributed by atoms with Crippen LogP contribution < -0.4 is 4.74 Å². The fourth-order valence-electron chi connectivity index (χ4n) is 1.65. The minimum Gasteiger partial charge on any atom is -0.496 e. The molecule has 0 saturated carbocycles. The van der Waals surface area contributed by atoms with Crippen molar-refractivity contribution in [2.45, 2.75) is 13.8 Å². The maximum absolute atomic E-state index is 6.25. The number of aliphatic imine (C=N–C) groups is 1. The molecule has 0 aliphatic heterocycles. The molecule has 0 aromatic heterocycles. The molecule has 1 aromatic carbocycles. The van der Waals surface area contributed by atoms with Gasteiger partial charge in [-0.25, -0.2) is 0 Å². The highest BCUT2D eigenvalue weighted by atomic mass is 35.5. The van der Waals surface area contributed by atoms with Crippen molar-refractivity contribution in [3.05, 3.63) is 27.8 Å². The summed E-state index contributed by atoms with van der Waals surface area (Å²) in [6.45, 7) is 3.97. The number of rotatable bonds is 2. The Morgan fingerprint density at radius 2 is 2.06 bits per heavy atom. The third-order valence-corrected chi connectivity index (χ3v) is 3.83. The first-order valence-electron chi connectivity index (χ1n) is 4.91. The molecule has 0 saturated heterocycles. The molecule has 0 bridgehead atoms. The summed E-state index contributed by atoms with van der Waals surface area (Å²) in [6.07, 6.45) is 2.00. The van der Waals surface area contributed by atoms with E-state index < -0.39 is 0 Å². The van der Waals surface area contributed by atoms with E-state index in [0.29, 0.717) is 0 Å². The van der Waals surface area contributed by atoms with Gasteiger partial charge < -0.3 is 4.74 Å². The van der Waals surface area contributed by atoms with E-state index in [1.165, 1.54) is 0 Å². The lowest BCUT2D eigenvalue weighted by atomic mass is 10.0. The Labute approximate surface area is 106 Å². The van der Waals surface area contributed by atoms with Crippen LogP contribution in [0, 0.1) is 13.8 Å². The van der Waals surface area contributed by atoms with Crippen molar-refractivity contribution in [1.29, 1.82) is 0 Å². The summed E-state index contributed by atoms with van der Waals surface area (Å²) in [5.41, 5.74) is 3.04. The summed E-state index contributed by atoms with van der Waals surface area (Å²) < 4.78 is 5.39. The van der Waals surface area contributed by atoms with Crippen LogP contribution in [0.1, 0.15) is 16.7 Å². The zero-order valence-electron chi connectivity index (χ0n) is 10.2. The van der Waals surface area contributed by atoms with Crippen LogP contribution in [0.3, 0.4) is 0 Å². The Kier molecular flexibility index (Phi) is 4.69. The van der Waals surface area contributed by atoms with Gasteiger partial charge in [0.2, 0.25) is 0 Å². The highest BCUT2D eigenvalue weighted by molar-refractivity contribution is 8.13. The van der Waals surface area contributed by atoms with Gasteiger partial charge in [-0.15, -0.1) is 11.8 Å². The molecule has 0 aliphatic rings. The van der Waals surface area contributed by atoms with Crippen molar-refractivity contribution < 1.29 is 4.74 Å². The number of ether oxygens (including phenoxy) is 1.